The van der Waals surface area contributed by atoms with Gasteiger partial charge in [-0.1, -0.05) is 13.8 Å². The molecule has 2 unspecified atom stereocenters. The van der Waals surface area contributed by atoms with Crippen LogP contribution in [0.25, 0.3) is 0 Å². The number of likely N-dealkylation sites (tertiary alicyclic amines) is 1. The van der Waals surface area contributed by atoms with E-state index in [2.05, 4.69) is 33.9 Å². The van der Waals surface area contributed by atoms with Crippen LogP contribution in [0.5, 0.6) is 0 Å². The van der Waals surface area contributed by atoms with Crippen molar-refractivity contribution in [3.63, 3.8) is 0 Å². The van der Waals surface area contributed by atoms with Gasteiger partial charge in [0.15, 0.2) is 0 Å². The van der Waals surface area contributed by atoms with Gasteiger partial charge in [0.2, 0.25) is 5.91 Å². The van der Waals surface area contributed by atoms with Gasteiger partial charge in [-0.25, -0.2) is 0 Å². The largest absolute Gasteiger partial charge is 0.341 e. The summed E-state index contributed by atoms with van der Waals surface area (Å²) in [5.74, 6) is 2.52. The highest BCUT2D eigenvalue weighted by molar-refractivity contribution is 5.78. The molecule has 0 aromatic heterocycles. The van der Waals surface area contributed by atoms with Crippen molar-refractivity contribution in [1.82, 2.24) is 20.0 Å². The van der Waals surface area contributed by atoms with Gasteiger partial charge in [-0.2, -0.15) is 0 Å². The molecule has 2 atom stereocenters. The molecule has 3 aliphatic rings. The molecular weight excluding hydrogens is 300 g/mol. The normalized spacial score (nSPS) is 31.3. The van der Waals surface area contributed by atoms with Crippen molar-refractivity contribution < 1.29 is 4.79 Å². The summed E-state index contributed by atoms with van der Waals surface area (Å²) in [4.78, 5) is 19.7. The summed E-state index contributed by atoms with van der Waals surface area (Å²) in [6.45, 7) is 15.1. The van der Waals surface area contributed by atoms with Gasteiger partial charge in [-0.3, -0.25) is 9.69 Å². The highest BCUT2D eigenvalue weighted by atomic mass is 16.2. The molecule has 0 aromatic carbocycles. The maximum atomic E-state index is 12.6. The Morgan fingerprint density at radius 2 is 1.54 bits per heavy atom. The van der Waals surface area contributed by atoms with E-state index in [0.29, 0.717) is 24.3 Å². The summed E-state index contributed by atoms with van der Waals surface area (Å²) in [5.41, 5.74) is 0. The van der Waals surface area contributed by atoms with Gasteiger partial charge in [0.05, 0.1) is 6.54 Å². The van der Waals surface area contributed by atoms with Crippen LogP contribution in [-0.2, 0) is 4.79 Å². The van der Waals surface area contributed by atoms with E-state index in [1.54, 1.807) is 0 Å². The van der Waals surface area contributed by atoms with Gasteiger partial charge in [-0.05, 0) is 50.1 Å². The van der Waals surface area contributed by atoms with Gasteiger partial charge >= 0.3 is 0 Å². The van der Waals surface area contributed by atoms with E-state index in [1.165, 1.54) is 38.9 Å². The Hall–Kier alpha value is -0.650. The molecule has 3 fully saturated rings. The van der Waals surface area contributed by atoms with Crippen LogP contribution in [-0.4, -0.2) is 86.1 Å². The van der Waals surface area contributed by atoms with Gasteiger partial charge in [0.1, 0.15) is 0 Å². The van der Waals surface area contributed by atoms with Crippen LogP contribution in [0.1, 0.15) is 33.1 Å². The molecule has 0 aromatic rings. The number of carbonyl (C=O) groups is 1. The smallest absolute Gasteiger partial charge is 0.236 e. The summed E-state index contributed by atoms with van der Waals surface area (Å²) >= 11 is 0. The Labute approximate surface area is 147 Å². The molecular formula is C19H36N4O. The zero-order valence-electron chi connectivity index (χ0n) is 15.7. The highest BCUT2D eigenvalue weighted by Crippen LogP contribution is 2.21. The van der Waals surface area contributed by atoms with Crippen molar-refractivity contribution in [3.8, 4) is 0 Å². The number of nitrogens with zero attached hydrogens (tertiary/aromatic N) is 3. The second kappa shape index (κ2) is 8.63. The fraction of sp³-hybridized carbons (Fsp3) is 0.947. The quantitative estimate of drug-likeness (QED) is 0.835. The van der Waals surface area contributed by atoms with E-state index in [4.69, 9.17) is 0 Å². The highest BCUT2D eigenvalue weighted by Gasteiger charge is 2.28. The Morgan fingerprint density at radius 3 is 2.17 bits per heavy atom. The van der Waals surface area contributed by atoms with Crippen molar-refractivity contribution in [2.75, 3.05) is 65.4 Å². The van der Waals surface area contributed by atoms with Crippen molar-refractivity contribution >= 4 is 5.91 Å². The third-order valence-corrected chi connectivity index (χ3v) is 6.02. The van der Waals surface area contributed by atoms with E-state index < -0.39 is 0 Å². The van der Waals surface area contributed by atoms with Gasteiger partial charge in [0, 0.05) is 45.8 Å². The average molecular weight is 337 g/mol. The van der Waals surface area contributed by atoms with Crippen LogP contribution in [0.15, 0.2) is 0 Å². The molecule has 3 saturated heterocycles. The van der Waals surface area contributed by atoms with Crippen molar-refractivity contribution in [2.45, 2.75) is 33.1 Å². The molecule has 1 amide bonds. The maximum absolute atomic E-state index is 12.6. The predicted molar refractivity (Wildman–Crippen MR) is 98.0 cm³/mol. The molecule has 24 heavy (non-hydrogen) atoms. The first-order valence-electron chi connectivity index (χ1n) is 10.0. The van der Waals surface area contributed by atoms with Crippen LogP contribution in [0.3, 0.4) is 0 Å². The number of amides is 1. The minimum Gasteiger partial charge on any atom is -0.341 e. The maximum Gasteiger partial charge on any atom is 0.236 e. The Bertz CT molecular complexity index is 392. The lowest BCUT2D eigenvalue weighted by Crippen LogP contribution is -2.52. The molecule has 5 nitrogen and oxygen atoms in total. The van der Waals surface area contributed by atoms with Crippen molar-refractivity contribution in [1.29, 1.82) is 0 Å². The monoisotopic (exact) mass is 336 g/mol. The molecule has 0 spiro atoms. The molecule has 3 rings (SSSR count). The molecule has 0 bridgehead atoms. The topological polar surface area (TPSA) is 38.8 Å². The van der Waals surface area contributed by atoms with Crippen LogP contribution >= 0.6 is 0 Å². The first-order chi connectivity index (χ1) is 11.6. The zero-order chi connectivity index (χ0) is 16.9. The fourth-order valence-corrected chi connectivity index (χ4v) is 4.72. The number of hydrogen-bond donors (Lipinski definition) is 1. The Morgan fingerprint density at radius 1 is 0.958 bits per heavy atom. The molecule has 0 saturated carbocycles. The van der Waals surface area contributed by atoms with Crippen LogP contribution in [0.2, 0.25) is 0 Å². The summed E-state index contributed by atoms with van der Waals surface area (Å²) in [5, 5.41) is 3.45. The number of rotatable bonds is 4. The molecule has 0 radical (unpaired) electrons. The Kier molecular flexibility index (Phi) is 6.53. The van der Waals surface area contributed by atoms with Crippen molar-refractivity contribution in [3.05, 3.63) is 0 Å². The van der Waals surface area contributed by atoms with E-state index in [0.717, 1.165) is 45.2 Å². The van der Waals surface area contributed by atoms with Gasteiger partial charge < -0.3 is 15.1 Å². The van der Waals surface area contributed by atoms with E-state index in [9.17, 15) is 4.79 Å². The average Bonchev–Trinajstić information content (AvgIpc) is 2.57. The first kappa shape index (κ1) is 18.2. The zero-order valence-corrected chi connectivity index (χ0v) is 15.7. The SMILES string of the molecule is CC1CC(C)CN(C(=O)CN2CCN(CC3CCNCC3)CC2)C1. The number of carbonyl (C=O) groups excluding carboxylic acids is 1. The summed E-state index contributed by atoms with van der Waals surface area (Å²) in [6.07, 6.45) is 3.91. The minimum absolute atomic E-state index is 0.347. The fourth-order valence-electron chi connectivity index (χ4n) is 4.72. The number of nitrogens with one attached hydrogen (secondary N) is 1. The summed E-state index contributed by atoms with van der Waals surface area (Å²) < 4.78 is 0. The van der Waals surface area contributed by atoms with E-state index in [1.807, 2.05) is 0 Å². The first-order valence-corrected chi connectivity index (χ1v) is 10.0. The van der Waals surface area contributed by atoms with Gasteiger partial charge in [-0.15, -0.1) is 0 Å². The molecule has 3 aliphatic heterocycles. The second-order valence-electron chi connectivity index (χ2n) is 8.51. The lowest BCUT2D eigenvalue weighted by atomic mass is 9.92. The second-order valence-corrected chi connectivity index (χ2v) is 8.51. The molecule has 1 N–H and O–H groups in total. The molecule has 138 valence electrons. The number of hydrogen-bond acceptors (Lipinski definition) is 4. The standard InChI is InChI=1S/C19H36N4O/c1-16-11-17(2)13-23(12-16)19(24)15-22-9-7-21(8-10-22)14-18-3-5-20-6-4-18/h16-18,20H,3-15H2,1-2H3. The van der Waals surface area contributed by atoms with Crippen molar-refractivity contribution in [2.24, 2.45) is 17.8 Å². The summed E-state index contributed by atoms with van der Waals surface area (Å²) in [6, 6.07) is 0. The molecule has 3 heterocycles. The molecule has 0 aliphatic carbocycles. The minimum atomic E-state index is 0.347. The third-order valence-electron chi connectivity index (χ3n) is 6.02. The van der Waals surface area contributed by atoms with E-state index in [-0.39, 0.29) is 0 Å². The van der Waals surface area contributed by atoms with E-state index >= 15 is 0 Å². The third kappa shape index (κ3) is 5.17. The predicted octanol–water partition coefficient (Wildman–Crippen LogP) is 1.11. The van der Waals surface area contributed by atoms with Crippen LogP contribution < -0.4 is 5.32 Å². The molecule has 5 heteroatoms. The summed E-state index contributed by atoms with van der Waals surface area (Å²) in [7, 11) is 0. The van der Waals surface area contributed by atoms with Crippen LogP contribution in [0, 0.1) is 17.8 Å². The number of piperazine rings is 1. The van der Waals surface area contributed by atoms with Crippen LogP contribution in [0.4, 0.5) is 0 Å². The lowest BCUT2D eigenvalue weighted by Gasteiger charge is -2.39. The van der Waals surface area contributed by atoms with Gasteiger partial charge in [0.25, 0.3) is 0 Å². The lowest BCUT2D eigenvalue weighted by molar-refractivity contribution is -0.135. The Balaban J connectivity index is 1.37. The number of piperidine rings is 2.